The van der Waals surface area contributed by atoms with Gasteiger partial charge in [-0.25, -0.2) is 8.42 Å². The van der Waals surface area contributed by atoms with Gasteiger partial charge in [-0.2, -0.15) is 0 Å². The van der Waals surface area contributed by atoms with Crippen LogP contribution in [-0.2, 0) is 10.1 Å². The van der Waals surface area contributed by atoms with Crippen LogP contribution in [0.3, 0.4) is 0 Å². The third-order valence-electron chi connectivity index (χ3n) is 5.07. The average Bonchev–Trinajstić information content (AvgIpc) is 2.55. The van der Waals surface area contributed by atoms with Gasteiger partial charge in [0.25, 0.3) is 0 Å². The fourth-order valence-electron chi connectivity index (χ4n) is 3.32. The molecule has 0 spiro atoms. The molecule has 0 aliphatic heterocycles. The Labute approximate surface area is 205 Å². The van der Waals surface area contributed by atoms with E-state index >= 15 is 0 Å². The molecule has 6 heteroatoms. The molecule has 1 N–H and O–H groups in total. The third-order valence-corrected chi connectivity index (χ3v) is 6.45. The minimum absolute atomic E-state index is 0. The van der Waals surface area contributed by atoms with Crippen molar-refractivity contribution in [3.63, 3.8) is 0 Å². The van der Waals surface area contributed by atoms with Crippen LogP contribution in [0, 0.1) is 0 Å². The Bertz CT molecular complexity index is 387. The molecular formula is C20H41KO4S. The molecule has 0 saturated heterocycles. The molecule has 0 amide bonds. The van der Waals surface area contributed by atoms with E-state index in [9.17, 15) is 18.1 Å². The standard InChI is InChI=1S/C20H42O4S.K/c1-3-5-13-16-19(21)17-14-11-9-7-6-8-10-12-15-18-20(4-2)25(22,23)24;/h19-21H,3-18H2,1-2H3,(H,22,23,24);/q;+1/p-1. The van der Waals surface area contributed by atoms with Crippen molar-refractivity contribution in [2.45, 2.75) is 128 Å². The topological polar surface area (TPSA) is 77.4 Å². The maximum Gasteiger partial charge on any atom is 1.00 e. The first-order valence-electron chi connectivity index (χ1n) is 10.5. The summed E-state index contributed by atoms with van der Waals surface area (Å²) in [5, 5.41) is 9.16. The van der Waals surface area contributed by atoms with Gasteiger partial charge in [0.2, 0.25) is 0 Å². The van der Waals surface area contributed by atoms with E-state index < -0.39 is 15.4 Å². The minimum Gasteiger partial charge on any atom is -0.748 e. The molecule has 0 rings (SSSR count). The number of hydrogen-bond acceptors (Lipinski definition) is 4. The van der Waals surface area contributed by atoms with Crippen LogP contribution < -0.4 is 51.4 Å². The summed E-state index contributed by atoms with van der Waals surface area (Å²) in [6.07, 6.45) is 16.6. The van der Waals surface area contributed by atoms with Gasteiger partial charge < -0.3 is 9.66 Å². The molecule has 0 radical (unpaired) electrons. The fourth-order valence-corrected chi connectivity index (χ4v) is 4.18. The summed E-state index contributed by atoms with van der Waals surface area (Å²) in [7, 11) is -4.11. The third kappa shape index (κ3) is 18.9. The zero-order valence-corrected chi connectivity index (χ0v) is 21.5. The molecule has 0 aromatic rings. The van der Waals surface area contributed by atoms with Gasteiger partial charge in [0, 0.05) is 5.25 Å². The maximum absolute atomic E-state index is 11.0. The van der Waals surface area contributed by atoms with Crippen molar-refractivity contribution in [2.75, 3.05) is 0 Å². The van der Waals surface area contributed by atoms with E-state index in [1.807, 2.05) is 0 Å². The van der Waals surface area contributed by atoms with Crippen molar-refractivity contribution >= 4 is 10.1 Å². The molecule has 0 fully saturated rings. The molecule has 4 nitrogen and oxygen atoms in total. The van der Waals surface area contributed by atoms with Gasteiger partial charge in [-0.15, -0.1) is 0 Å². The van der Waals surface area contributed by atoms with Gasteiger partial charge in [-0.1, -0.05) is 90.9 Å². The average molecular weight is 417 g/mol. The molecule has 0 bridgehead atoms. The number of unbranched alkanes of at least 4 members (excludes halogenated alkanes) is 10. The van der Waals surface area contributed by atoms with E-state index in [1.165, 1.54) is 44.9 Å². The maximum atomic E-state index is 11.0. The first kappa shape index (κ1) is 29.7. The minimum atomic E-state index is -4.11. The summed E-state index contributed by atoms with van der Waals surface area (Å²) in [6, 6.07) is 0. The molecule has 2 unspecified atom stereocenters. The number of hydrogen-bond donors (Lipinski definition) is 1. The zero-order chi connectivity index (χ0) is 19.0. The summed E-state index contributed by atoms with van der Waals surface area (Å²) in [5.41, 5.74) is 0. The van der Waals surface area contributed by atoms with Crippen LogP contribution in [0.2, 0.25) is 0 Å². The van der Waals surface area contributed by atoms with Crippen LogP contribution in [0.4, 0.5) is 0 Å². The Morgan fingerprint density at radius 3 is 1.50 bits per heavy atom. The molecule has 152 valence electrons. The molecule has 0 aromatic heterocycles. The number of rotatable bonds is 18. The van der Waals surface area contributed by atoms with Gasteiger partial charge in [0.1, 0.15) is 0 Å². The SMILES string of the molecule is CCCCCC(O)CCCCCCCCCCCC(CC)S(=O)(=O)[O-].[K+]. The molecule has 0 saturated carbocycles. The predicted molar refractivity (Wildman–Crippen MR) is 105 cm³/mol. The van der Waals surface area contributed by atoms with Gasteiger partial charge in [-0.3, -0.25) is 0 Å². The van der Waals surface area contributed by atoms with Gasteiger partial charge in [-0.05, 0) is 25.7 Å². The Morgan fingerprint density at radius 2 is 1.12 bits per heavy atom. The Kier molecular flexibility index (Phi) is 22.6. The van der Waals surface area contributed by atoms with Crippen molar-refractivity contribution < 1.29 is 69.5 Å². The summed E-state index contributed by atoms with van der Waals surface area (Å²) in [5.74, 6) is 0. The van der Waals surface area contributed by atoms with Crippen molar-refractivity contribution in [2.24, 2.45) is 0 Å². The summed E-state index contributed by atoms with van der Waals surface area (Å²) >= 11 is 0. The second-order valence-electron chi connectivity index (χ2n) is 7.43. The van der Waals surface area contributed by atoms with Crippen LogP contribution in [0.5, 0.6) is 0 Å². The smallest absolute Gasteiger partial charge is 0.748 e. The number of aliphatic hydroxyl groups excluding tert-OH is 1. The van der Waals surface area contributed by atoms with E-state index in [1.54, 1.807) is 6.92 Å². The largest absolute Gasteiger partial charge is 1.00 e. The van der Waals surface area contributed by atoms with Gasteiger partial charge in [0.15, 0.2) is 0 Å². The van der Waals surface area contributed by atoms with Crippen LogP contribution in [0.1, 0.15) is 117 Å². The van der Waals surface area contributed by atoms with E-state index in [-0.39, 0.29) is 57.5 Å². The summed E-state index contributed by atoms with van der Waals surface area (Å²) in [6.45, 7) is 3.95. The molecular weight excluding hydrogens is 375 g/mol. The summed E-state index contributed by atoms with van der Waals surface area (Å²) < 4.78 is 33.0. The Balaban J connectivity index is 0. The van der Waals surface area contributed by atoms with Crippen LogP contribution in [0.25, 0.3) is 0 Å². The van der Waals surface area contributed by atoms with Crippen molar-refractivity contribution in [3.05, 3.63) is 0 Å². The Hall–Kier alpha value is 1.51. The summed E-state index contributed by atoms with van der Waals surface area (Å²) in [4.78, 5) is 0. The molecule has 0 aliphatic carbocycles. The van der Waals surface area contributed by atoms with Crippen molar-refractivity contribution in [1.82, 2.24) is 0 Å². The van der Waals surface area contributed by atoms with Crippen molar-refractivity contribution in [1.29, 1.82) is 0 Å². The first-order valence-corrected chi connectivity index (χ1v) is 12.0. The van der Waals surface area contributed by atoms with Gasteiger partial charge >= 0.3 is 51.4 Å². The molecule has 0 aliphatic rings. The first-order chi connectivity index (χ1) is 11.9. The van der Waals surface area contributed by atoms with Crippen LogP contribution in [-0.4, -0.2) is 29.4 Å². The quantitative estimate of drug-likeness (QED) is 0.212. The second-order valence-corrected chi connectivity index (χ2v) is 9.08. The zero-order valence-electron chi connectivity index (χ0n) is 17.5. The second kappa shape index (κ2) is 19.8. The monoisotopic (exact) mass is 416 g/mol. The Morgan fingerprint density at radius 1 is 0.731 bits per heavy atom. The van der Waals surface area contributed by atoms with Crippen molar-refractivity contribution in [3.8, 4) is 0 Å². The normalized spacial score (nSPS) is 14.0. The van der Waals surface area contributed by atoms with E-state index in [2.05, 4.69) is 6.92 Å². The predicted octanol–water partition coefficient (Wildman–Crippen LogP) is 2.55. The number of aliphatic hydroxyl groups is 1. The van der Waals surface area contributed by atoms with Crippen LogP contribution >= 0.6 is 0 Å². The fraction of sp³-hybridized carbons (Fsp3) is 1.00. The molecule has 2 atom stereocenters. The molecule has 0 heterocycles. The van der Waals surface area contributed by atoms with Gasteiger partial charge in [0.05, 0.1) is 16.2 Å². The van der Waals surface area contributed by atoms with Crippen LogP contribution in [0.15, 0.2) is 0 Å². The van der Waals surface area contributed by atoms with E-state index in [4.69, 9.17) is 0 Å². The molecule has 26 heavy (non-hydrogen) atoms. The molecule has 0 aromatic carbocycles. The van der Waals surface area contributed by atoms with E-state index in [0.717, 1.165) is 44.9 Å². The van der Waals surface area contributed by atoms with E-state index in [0.29, 0.717) is 12.8 Å².